The number of likely N-dealkylation sites (N-methyl/N-ethyl adjacent to an activating group) is 1. The van der Waals surface area contributed by atoms with Gasteiger partial charge in [-0.1, -0.05) is 18.2 Å². The van der Waals surface area contributed by atoms with Crippen molar-refractivity contribution >= 4 is 23.0 Å². The van der Waals surface area contributed by atoms with E-state index < -0.39 is 4.92 Å². The van der Waals surface area contributed by atoms with Gasteiger partial charge in [0.2, 0.25) is 5.91 Å². The van der Waals surface area contributed by atoms with Crippen molar-refractivity contribution < 1.29 is 14.5 Å². The van der Waals surface area contributed by atoms with Crippen LogP contribution in [-0.2, 0) is 4.79 Å². The van der Waals surface area contributed by atoms with Gasteiger partial charge in [0.15, 0.2) is 0 Å². The molecule has 1 N–H and O–H groups in total. The van der Waals surface area contributed by atoms with Crippen molar-refractivity contribution in [3.8, 4) is 11.8 Å². The number of allylic oxidation sites excluding steroid dienone is 1. The minimum Gasteiger partial charge on any atom is -0.497 e. The molecule has 138 valence electrons. The minimum absolute atomic E-state index is 0.0482. The third-order valence-corrected chi connectivity index (χ3v) is 3.70. The number of hydrogen-bond donors (Lipinski definition) is 1. The van der Waals surface area contributed by atoms with Gasteiger partial charge in [0, 0.05) is 42.6 Å². The predicted octanol–water partition coefficient (Wildman–Crippen LogP) is 3.04. The van der Waals surface area contributed by atoms with Crippen LogP contribution in [0.4, 0.5) is 11.4 Å². The Kier molecular flexibility index (Phi) is 6.49. The van der Waals surface area contributed by atoms with Crippen molar-refractivity contribution in [2.45, 2.75) is 0 Å². The van der Waals surface area contributed by atoms with Gasteiger partial charge in [-0.05, 0) is 12.1 Å². The maximum atomic E-state index is 12.3. The fourth-order valence-corrected chi connectivity index (χ4v) is 2.46. The number of nitro benzene ring substituents is 1. The van der Waals surface area contributed by atoms with Crippen LogP contribution in [0.25, 0.3) is 5.70 Å². The number of nitrogens with one attached hydrogen (secondary N) is 1. The van der Waals surface area contributed by atoms with Crippen molar-refractivity contribution in [3.05, 3.63) is 70.3 Å². The molecule has 8 heteroatoms. The number of nitriles is 1. The van der Waals surface area contributed by atoms with Crippen LogP contribution in [0.1, 0.15) is 5.56 Å². The molecule has 0 unspecified atom stereocenters. The number of amides is 1. The van der Waals surface area contributed by atoms with Gasteiger partial charge in [-0.15, -0.1) is 0 Å². The number of ether oxygens (including phenoxy) is 1. The Morgan fingerprint density at radius 1 is 1.33 bits per heavy atom. The smallest absolute Gasteiger partial charge is 0.270 e. The summed E-state index contributed by atoms with van der Waals surface area (Å²) in [5, 5.41) is 22.8. The van der Waals surface area contributed by atoms with E-state index in [1.165, 1.54) is 31.4 Å². The molecule has 0 aromatic heterocycles. The molecule has 0 spiro atoms. The summed E-state index contributed by atoms with van der Waals surface area (Å²) in [6.45, 7) is -0.0482. The molecule has 0 aliphatic carbocycles. The fraction of sp³-hybridized carbons (Fsp3) is 0.158. The average Bonchev–Trinajstić information content (AvgIpc) is 2.66. The number of non-ortho nitro benzene ring substituents is 1. The summed E-state index contributed by atoms with van der Waals surface area (Å²) in [5.41, 5.74) is 1.36. The zero-order chi connectivity index (χ0) is 19.8. The second-order valence-electron chi connectivity index (χ2n) is 5.60. The molecular formula is C19H18N4O4. The zero-order valence-corrected chi connectivity index (χ0v) is 14.9. The molecule has 2 rings (SSSR count). The van der Waals surface area contributed by atoms with E-state index in [-0.39, 0.29) is 18.1 Å². The van der Waals surface area contributed by atoms with E-state index in [2.05, 4.69) is 5.32 Å². The summed E-state index contributed by atoms with van der Waals surface area (Å²) in [6.07, 6.45) is 1.25. The maximum Gasteiger partial charge on any atom is 0.270 e. The molecule has 0 bridgehead atoms. The first-order chi connectivity index (χ1) is 12.9. The van der Waals surface area contributed by atoms with Gasteiger partial charge in [0.05, 0.1) is 30.3 Å². The van der Waals surface area contributed by atoms with E-state index in [1.807, 2.05) is 6.07 Å². The minimum atomic E-state index is -0.511. The number of benzene rings is 2. The van der Waals surface area contributed by atoms with Crippen molar-refractivity contribution in [1.82, 2.24) is 4.90 Å². The highest BCUT2D eigenvalue weighted by Gasteiger charge is 2.15. The standard InChI is InChI=1S/C19H18N4O4/c1-22(13-19(24)21-15-6-4-8-17(12-15)27-2)18(9-10-20)14-5-3-7-16(11-14)23(25)26/h3-9,11-12H,13H2,1-2H3,(H,21,24)/b18-9+. The van der Waals surface area contributed by atoms with Crippen LogP contribution < -0.4 is 10.1 Å². The fourth-order valence-electron chi connectivity index (χ4n) is 2.46. The average molecular weight is 366 g/mol. The molecule has 27 heavy (non-hydrogen) atoms. The van der Waals surface area contributed by atoms with Gasteiger partial charge in [0.25, 0.3) is 5.69 Å². The monoisotopic (exact) mass is 366 g/mol. The summed E-state index contributed by atoms with van der Waals surface area (Å²) in [4.78, 5) is 24.3. The number of carbonyl (C=O) groups is 1. The van der Waals surface area contributed by atoms with Crippen molar-refractivity contribution in [2.24, 2.45) is 0 Å². The van der Waals surface area contributed by atoms with E-state index in [9.17, 15) is 14.9 Å². The molecule has 0 aliphatic rings. The number of anilines is 1. The molecule has 1 amide bonds. The van der Waals surface area contributed by atoms with Crippen LogP contribution in [-0.4, -0.2) is 36.4 Å². The second kappa shape index (κ2) is 9.01. The first-order valence-corrected chi connectivity index (χ1v) is 7.94. The number of methoxy groups -OCH3 is 1. The lowest BCUT2D eigenvalue weighted by Gasteiger charge is -2.21. The van der Waals surface area contributed by atoms with Crippen LogP contribution in [0.15, 0.2) is 54.6 Å². The predicted molar refractivity (Wildman–Crippen MR) is 101 cm³/mol. The SMILES string of the molecule is COc1cccc(NC(=O)CN(C)/C(=C/C#N)c2cccc([N+](=O)[O-])c2)c1. The number of hydrogen-bond acceptors (Lipinski definition) is 6. The molecule has 2 aromatic carbocycles. The lowest BCUT2D eigenvalue weighted by Crippen LogP contribution is -2.29. The Morgan fingerprint density at radius 3 is 2.74 bits per heavy atom. The third-order valence-electron chi connectivity index (χ3n) is 3.70. The second-order valence-corrected chi connectivity index (χ2v) is 5.60. The highest BCUT2D eigenvalue weighted by molar-refractivity contribution is 5.93. The first-order valence-electron chi connectivity index (χ1n) is 7.94. The summed E-state index contributed by atoms with van der Waals surface area (Å²) < 4.78 is 5.11. The lowest BCUT2D eigenvalue weighted by atomic mass is 10.1. The molecule has 0 radical (unpaired) electrons. The Morgan fingerprint density at radius 2 is 2.07 bits per heavy atom. The van der Waals surface area contributed by atoms with Gasteiger partial charge in [-0.25, -0.2) is 0 Å². The van der Waals surface area contributed by atoms with E-state index in [1.54, 1.807) is 42.3 Å². The van der Waals surface area contributed by atoms with E-state index in [4.69, 9.17) is 10.00 Å². The number of carbonyl (C=O) groups excluding carboxylic acids is 1. The van der Waals surface area contributed by atoms with Crippen LogP contribution in [0, 0.1) is 21.4 Å². The first kappa shape index (κ1) is 19.5. The van der Waals surface area contributed by atoms with Crippen LogP contribution in [0.2, 0.25) is 0 Å². The molecule has 0 fully saturated rings. The largest absolute Gasteiger partial charge is 0.497 e. The highest BCUT2D eigenvalue weighted by atomic mass is 16.6. The molecule has 0 saturated carbocycles. The van der Waals surface area contributed by atoms with Crippen LogP contribution in [0.5, 0.6) is 5.75 Å². The lowest BCUT2D eigenvalue weighted by molar-refractivity contribution is -0.384. The summed E-state index contributed by atoms with van der Waals surface area (Å²) in [6, 6.07) is 14.7. The molecule has 0 heterocycles. The summed E-state index contributed by atoms with van der Waals surface area (Å²) in [7, 11) is 3.17. The Balaban J connectivity index is 2.15. The van der Waals surface area contributed by atoms with E-state index >= 15 is 0 Å². The molecular weight excluding hydrogens is 348 g/mol. The van der Waals surface area contributed by atoms with Crippen molar-refractivity contribution in [1.29, 1.82) is 5.26 Å². The van der Waals surface area contributed by atoms with Gasteiger partial charge in [-0.2, -0.15) is 5.26 Å². The molecule has 0 atom stereocenters. The van der Waals surface area contributed by atoms with Crippen molar-refractivity contribution in [3.63, 3.8) is 0 Å². The van der Waals surface area contributed by atoms with Gasteiger partial charge < -0.3 is 15.0 Å². The topological polar surface area (TPSA) is 108 Å². The van der Waals surface area contributed by atoms with Gasteiger partial charge >= 0.3 is 0 Å². The quantitative estimate of drug-likeness (QED) is 0.458. The molecule has 8 nitrogen and oxygen atoms in total. The number of rotatable bonds is 7. The molecule has 0 saturated heterocycles. The maximum absolute atomic E-state index is 12.3. The van der Waals surface area contributed by atoms with E-state index in [0.29, 0.717) is 22.7 Å². The normalized spacial score (nSPS) is 10.6. The third kappa shape index (κ3) is 5.31. The van der Waals surface area contributed by atoms with Crippen LogP contribution >= 0.6 is 0 Å². The molecule has 2 aromatic rings. The van der Waals surface area contributed by atoms with Gasteiger partial charge in [0.1, 0.15) is 5.75 Å². The van der Waals surface area contributed by atoms with E-state index in [0.717, 1.165) is 0 Å². The van der Waals surface area contributed by atoms with Crippen LogP contribution in [0.3, 0.4) is 0 Å². The Bertz CT molecular complexity index is 918. The number of nitro groups is 1. The summed E-state index contributed by atoms with van der Waals surface area (Å²) >= 11 is 0. The zero-order valence-electron chi connectivity index (χ0n) is 14.9. The Labute approximate surface area is 156 Å². The summed E-state index contributed by atoms with van der Waals surface area (Å²) in [5.74, 6) is 0.308. The Hall–Kier alpha value is -3.86. The van der Waals surface area contributed by atoms with Gasteiger partial charge in [-0.3, -0.25) is 14.9 Å². The molecule has 0 aliphatic heterocycles. The highest BCUT2D eigenvalue weighted by Crippen LogP contribution is 2.23. The number of nitrogens with zero attached hydrogens (tertiary/aromatic N) is 3. The van der Waals surface area contributed by atoms with Crippen molar-refractivity contribution in [2.75, 3.05) is 26.0 Å².